The Kier molecular flexibility index (Phi) is 3.74. The van der Waals surface area contributed by atoms with E-state index in [2.05, 4.69) is 10.1 Å². The van der Waals surface area contributed by atoms with Gasteiger partial charge in [0.25, 0.3) is 0 Å². The number of fused-ring (bicyclic) bond motifs is 3. The molecule has 4 nitrogen and oxygen atoms in total. The van der Waals surface area contributed by atoms with Crippen LogP contribution < -0.4 is 0 Å². The van der Waals surface area contributed by atoms with Crippen LogP contribution in [0, 0.1) is 6.92 Å². The molecule has 0 amide bonds. The van der Waals surface area contributed by atoms with E-state index in [1.807, 2.05) is 54.5 Å². The summed E-state index contributed by atoms with van der Waals surface area (Å²) >= 11 is 0. The van der Waals surface area contributed by atoms with Gasteiger partial charge in [-0.25, -0.2) is 0 Å². The number of halogens is 3. The molecule has 0 spiro atoms. The van der Waals surface area contributed by atoms with E-state index in [-0.39, 0.29) is 5.69 Å². The molecule has 5 aromatic rings. The fourth-order valence-corrected chi connectivity index (χ4v) is 3.47. The molecule has 0 atom stereocenters. The van der Waals surface area contributed by atoms with E-state index in [0.717, 1.165) is 44.7 Å². The van der Waals surface area contributed by atoms with Crippen LogP contribution in [0.3, 0.4) is 0 Å². The molecule has 0 fully saturated rings. The lowest BCUT2D eigenvalue weighted by molar-refractivity contribution is -0.141. The standard InChI is InChI=1S/C22H14F3N3O/c1-12-11-26-17(18-10-21(28-27-18)22(23,24)25)9-16(12)13-6-7-15-14-4-2-3-5-19(14)29-20(15)8-13/h2-11H,1H3,(H,27,28). The highest BCUT2D eigenvalue weighted by Gasteiger charge is 2.33. The molecule has 0 aliphatic carbocycles. The second-order valence-electron chi connectivity index (χ2n) is 6.86. The van der Waals surface area contributed by atoms with Gasteiger partial charge in [-0.15, -0.1) is 0 Å². The zero-order valence-electron chi connectivity index (χ0n) is 15.2. The molecule has 0 bridgehead atoms. The van der Waals surface area contributed by atoms with Crippen molar-refractivity contribution in [3.8, 4) is 22.5 Å². The third kappa shape index (κ3) is 2.95. The van der Waals surface area contributed by atoms with Gasteiger partial charge >= 0.3 is 6.18 Å². The average Bonchev–Trinajstić information content (AvgIpc) is 3.33. The Labute approximate surface area is 163 Å². The maximum atomic E-state index is 12.9. The van der Waals surface area contributed by atoms with Crippen molar-refractivity contribution in [2.45, 2.75) is 13.1 Å². The summed E-state index contributed by atoms with van der Waals surface area (Å²) in [7, 11) is 0. The van der Waals surface area contributed by atoms with Crippen LogP contribution in [0.15, 0.2) is 65.2 Å². The molecule has 5 rings (SSSR count). The number of aromatic nitrogens is 3. The normalized spacial score (nSPS) is 12.1. The molecular weight excluding hydrogens is 379 g/mol. The van der Waals surface area contributed by atoms with Crippen LogP contribution in [0.5, 0.6) is 0 Å². The summed E-state index contributed by atoms with van der Waals surface area (Å²) in [4.78, 5) is 4.25. The quantitative estimate of drug-likeness (QED) is 0.379. The van der Waals surface area contributed by atoms with Crippen LogP contribution in [0.4, 0.5) is 13.2 Å². The summed E-state index contributed by atoms with van der Waals surface area (Å²) in [5.41, 5.74) is 3.81. The van der Waals surface area contributed by atoms with Gasteiger partial charge in [0.15, 0.2) is 0 Å². The van der Waals surface area contributed by atoms with Crippen LogP contribution in [0.2, 0.25) is 0 Å². The predicted molar refractivity (Wildman–Crippen MR) is 104 cm³/mol. The van der Waals surface area contributed by atoms with Gasteiger partial charge in [-0.3, -0.25) is 10.1 Å². The van der Waals surface area contributed by atoms with Gasteiger partial charge in [0.05, 0.1) is 5.69 Å². The minimum atomic E-state index is -4.48. The zero-order chi connectivity index (χ0) is 20.2. The number of nitrogens with one attached hydrogen (secondary N) is 1. The number of benzene rings is 2. The monoisotopic (exact) mass is 393 g/mol. The molecular formula is C22H14F3N3O. The number of pyridine rings is 1. The van der Waals surface area contributed by atoms with E-state index in [0.29, 0.717) is 5.69 Å². The number of hydrogen-bond acceptors (Lipinski definition) is 3. The van der Waals surface area contributed by atoms with Crippen molar-refractivity contribution in [2.75, 3.05) is 0 Å². The summed E-state index contributed by atoms with van der Waals surface area (Å²) in [5.74, 6) is 0. The number of aryl methyl sites for hydroxylation is 1. The fourth-order valence-electron chi connectivity index (χ4n) is 3.47. The number of nitrogens with zero attached hydrogens (tertiary/aromatic N) is 2. The average molecular weight is 393 g/mol. The SMILES string of the molecule is Cc1cnc(-c2cc(C(F)(F)F)[nH]n2)cc1-c1ccc2c(c1)oc1ccccc12. The van der Waals surface area contributed by atoms with Gasteiger partial charge in [0.2, 0.25) is 0 Å². The Morgan fingerprint density at radius 1 is 0.897 bits per heavy atom. The summed E-state index contributed by atoms with van der Waals surface area (Å²) in [6.45, 7) is 1.90. The van der Waals surface area contributed by atoms with Gasteiger partial charge in [0.1, 0.15) is 22.6 Å². The summed E-state index contributed by atoms with van der Waals surface area (Å²) in [5, 5.41) is 7.85. The summed E-state index contributed by atoms with van der Waals surface area (Å²) in [6, 6.07) is 16.4. The van der Waals surface area contributed by atoms with Crippen LogP contribution in [0.1, 0.15) is 11.3 Å². The van der Waals surface area contributed by atoms with Crippen molar-refractivity contribution < 1.29 is 17.6 Å². The minimum Gasteiger partial charge on any atom is -0.456 e. The highest BCUT2D eigenvalue weighted by molar-refractivity contribution is 6.05. The number of furan rings is 1. The van der Waals surface area contributed by atoms with E-state index in [4.69, 9.17) is 4.42 Å². The molecule has 3 aromatic heterocycles. The number of H-pyrrole nitrogens is 1. The van der Waals surface area contributed by atoms with Gasteiger partial charge in [-0.05, 0) is 53.9 Å². The lowest BCUT2D eigenvalue weighted by Crippen LogP contribution is -2.04. The Balaban J connectivity index is 1.61. The number of para-hydroxylation sites is 1. The van der Waals surface area contributed by atoms with Gasteiger partial charge in [0, 0.05) is 17.0 Å². The largest absolute Gasteiger partial charge is 0.456 e. The number of aromatic amines is 1. The van der Waals surface area contributed by atoms with Crippen LogP contribution >= 0.6 is 0 Å². The first kappa shape index (κ1) is 17.5. The third-order valence-electron chi connectivity index (χ3n) is 4.94. The van der Waals surface area contributed by atoms with Crippen molar-refractivity contribution in [1.29, 1.82) is 0 Å². The van der Waals surface area contributed by atoms with E-state index in [9.17, 15) is 13.2 Å². The van der Waals surface area contributed by atoms with Crippen LogP contribution in [-0.4, -0.2) is 15.2 Å². The molecule has 0 aliphatic heterocycles. The van der Waals surface area contributed by atoms with Gasteiger partial charge in [-0.1, -0.05) is 24.3 Å². The molecule has 0 unspecified atom stereocenters. The molecule has 3 heterocycles. The lowest BCUT2D eigenvalue weighted by atomic mass is 9.99. The first-order chi connectivity index (χ1) is 13.9. The first-order valence-electron chi connectivity index (χ1n) is 8.91. The Bertz CT molecular complexity index is 1370. The first-order valence-corrected chi connectivity index (χ1v) is 8.91. The van der Waals surface area contributed by atoms with Crippen LogP contribution in [0.25, 0.3) is 44.5 Å². The molecule has 29 heavy (non-hydrogen) atoms. The van der Waals surface area contributed by atoms with Gasteiger partial charge in [-0.2, -0.15) is 18.3 Å². The molecule has 144 valence electrons. The Morgan fingerprint density at radius 2 is 1.69 bits per heavy atom. The molecule has 0 saturated carbocycles. The Hall–Kier alpha value is -3.61. The maximum Gasteiger partial charge on any atom is 0.432 e. The van der Waals surface area contributed by atoms with E-state index in [1.54, 1.807) is 12.3 Å². The predicted octanol–water partition coefficient (Wildman–Crippen LogP) is 6.37. The molecule has 0 radical (unpaired) electrons. The highest BCUT2D eigenvalue weighted by atomic mass is 19.4. The summed E-state index contributed by atoms with van der Waals surface area (Å²) < 4.78 is 44.5. The van der Waals surface area contributed by atoms with Crippen molar-refractivity contribution in [3.05, 3.63) is 72.1 Å². The number of rotatable bonds is 2. The smallest absolute Gasteiger partial charge is 0.432 e. The van der Waals surface area contributed by atoms with Crippen molar-refractivity contribution in [2.24, 2.45) is 0 Å². The molecule has 0 aliphatic rings. The maximum absolute atomic E-state index is 12.9. The van der Waals surface area contributed by atoms with Crippen molar-refractivity contribution >= 4 is 21.9 Å². The third-order valence-corrected chi connectivity index (χ3v) is 4.94. The topological polar surface area (TPSA) is 54.7 Å². The second kappa shape index (κ2) is 6.20. The Morgan fingerprint density at radius 3 is 2.48 bits per heavy atom. The van der Waals surface area contributed by atoms with Crippen molar-refractivity contribution in [1.82, 2.24) is 15.2 Å². The minimum absolute atomic E-state index is 0.142. The molecule has 7 heteroatoms. The number of hydrogen-bond donors (Lipinski definition) is 1. The highest BCUT2D eigenvalue weighted by Crippen LogP contribution is 2.35. The van der Waals surface area contributed by atoms with E-state index >= 15 is 0 Å². The fraction of sp³-hybridized carbons (Fsp3) is 0.0909. The molecule has 2 aromatic carbocycles. The van der Waals surface area contributed by atoms with E-state index in [1.165, 1.54) is 0 Å². The molecule has 0 saturated heterocycles. The lowest BCUT2D eigenvalue weighted by Gasteiger charge is -2.08. The van der Waals surface area contributed by atoms with E-state index < -0.39 is 11.9 Å². The zero-order valence-corrected chi connectivity index (χ0v) is 15.2. The second-order valence-corrected chi connectivity index (χ2v) is 6.86. The number of alkyl halides is 3. The molecule has 1 N–H and O–H groups in total. The van der Waals surface area contributed by atoms with Crippen molar-refractivity contribution in [3.63, 3.8) is 0 Å². The van der Waals surface area contributed by atoms with Gasteiger partial charge < -0.3 is 4.42 Å². The summed E-state index contributed by atoms with van der Waals surface area (Å²) in [6.07, 6.45) is -2.85. The van der Waals surface area contributed by atoms with Crippen LogP contribution in [-0.2, 0) is 6.18 Å².